The number of nitrogens with one attached hydrogen (secondary N) is 2. The van der Waals surface area contributed by atoms with Crippen LogP contribution < -0.4 is 15.4 Å². The lowest BCUT2D eigenvalue weighted by molar-refractivity contribution is 0.262. The van der Waals surface area contributed by atoms with Gasteiger partial charge in [-0.1, -0.05) is 12.1 Å². The van der Waals surface area contributed by atoms with Crippen LogP contribution in [-0.4, -0.2) is 32.7 Å². The Morgan fingerprint density at radius 3 is 2.75 bits per heavy atom. The SMILES string of the molecule is COc1cccc(-c2cc(NC(=O)Nc3cnn(C)c3)n(C)n2)c1. The van der Waals surface area contributed by atoms with Gasteiger partial charge in [0.2, 0.25) is 0 Å². The van der Waals surface area contributed by atoms with E-state index in [1.807, 2.05) is 24.3 Å². The lowest BCUT2D eigenvalue weighted by Crippen LogP contribution is -2.20. The van der Waals surface area contributed by atoms with E-state index in [1.54, 1.807) is 49.0 Å². The molecular formula is C16H18N6O2. The number of carbonyl (C=O) groups is 1. The number of amides is 2. The normalized spacial score (nSPS) is 10.5. The summed E-state index contributed by atoms with van der Waals surface area (Å²) in [6.45, 7) is 0. The van der Waals surface area contributed by atoms with Crippen molar-refractivity contribution in [2.75, 3.05) is 17.7 Å². The predicted molar refractivity (Wildman–Crippen MR) is 91.0 cm³/mol. The first kappa shape index (κ1) is 15.6. The summed E-state index contributed by atoms with van der Waals surface area (Å²) >= 11 is 0. The van der Waals surface area contributed by atoms with Crippen molar-refractivity contribution in [2.24, 2.45) is 14.1 Å². The summed E-state index contributed by atoms with van der Waals surface area (Å²) in [5.74, 6) is 1.33. The fraction of sp³-hybridized carbons (Fsp3) is 0.188. The van der Waals surface area contributed by atoms with Gasteiger partial charge in [-0.3, -0.25) is 14.7 Å². The zero-order valence-electron chi connectivity index (χ0n) is 13.6. The summed E-state index contributed by atoms with van der Waals surface area (Å²) in [5.41, 5.74) is 2.27. The molecule has 124 valence electrons. The molecule has 0 spiro atoms. The molecule has 0 radical (unpaired) electrons. The van der Waals surface area contributed by atoms with Crippen LogP contribution in [0.25, 0.3) is 11.3 Å². The van der Waals surface area contributed by atoms with Crippen molar-refractivity contribution < 1.29 is 9.53 Å². The van der Waals surface area contributed by atoms with Crippen LogP contribution >= 0.6 is 0 Å². The van der Waals surface area contributed by atoms with Crippen molar-refractivity contribution in [3.8, 4) is 17.0 Å². The third-order valence-electron chi connectivity index (χ3n) is 3.45. The molecule has 0 saturated heterocycles. The number of benzene rings is 1. The van der Waals surface area contributed by atoms with Gasteiger partial charge < -0.3 is 10.1 Å². The Morgan fingerprint density at radius 2 is 2.04 bits per heavy atom. The van der Waals surface area contributed by atoms with Crippen molar-refractivity contribution in [2.45, 2.75) is 0 Å². The summed E-state index contributed by atoms with van der Waals surface area (Å²) in [6, 6.07) is 9.03. The second kappa shape index (κ2) is 6.45. The molecule has 3 aromatic rings. The van der Waals surface area contributed by atoms with Gasteiger partial charge in [0.15, 0.2) is 0 Å². The van der Waals surface area contributed by atoms with Gasteiger partial charge in [0.25, 0.3) is 0 Å². The summed E-state index contributed by atoms with van der Waals surface area (Å²) in [6.07, 6.45) is 3.29. The maximum atomic E-state index is 12.1. The number of hydrogen-bond acceptors (Lipinski definition) is 4. The topological polar surface area (TPSA) is 86.0 Å². The zero-order chi connectivity index (χ0) is 17.1. The van der Waals surface area contributed by atoms with E-state index < -0.39 is 0 Å². The molecule has 8 heteroatoms. The van der Waals surface area contributed by atoms with Crippen LogP contribution in [0.5, 0.6) is 5.75 Å². The molecule has 0 saturated carbocycles. The molecule has 0 bridgehead atoms. The highest BCUT2D eigenvalue weighted by Crippen LogP contribution is 2.25. The van der Waals surface area contributed by atoms with Gasteiger partial charge in [-0.15, -0.1) is 0 Å². The number of anilines is 2. The largest absolute Gasteiger partial charge is 0.497 e. The Labute approximate surface area is 139 Å². The number of methoxy groups -OCH3 is 1. The predicted octanol–water partition coefficient (Wildman–Crippen LogP) is 2.47. The second-order valence-corrected chi connectivity index (χ2v) is 5.25. The Morgan fingerprint density at radius 1 is 1.21 bits per heavy atom. The molecule has 8 nitrogen and oxygen atoms in total. The first-order chi connectivity index (χ1) is 11.5. The molecular weight excluding hydrogens is 308 g/mol. The van der Waals surface area contributed by atoms with Crippen LogP contribution in [0, 0.1) is 0 Å². The molecule has 0 fully saturated rings. The van der Waals surface area contributed by atoms with Gasteiger partial charge in [-0.05, 0) is 12.1 Å². The van der Waals surface area contributed by atoms with Crippen LogP contribution in [0.4, 0.5) is 16.3 Å². The van der Waals surface area contributed by atoms with Gasteiger partial charge in [0.1, 0.15) is 11.6 Å². The smallest absolute Gasteiger partial charge is 0.324 e. The number of carbonyl (C=O) groups excluding carboxylic acids is 1. The minimum Gasteiger partial charge on any atom is -0.497 e. The van der Waals surface area contributed by atoms with Crippen LogP contribution in [0.3, 0.4) is 0 Å². The fourth-order valence-corrected chi connectivity index (χ4v) is 2.27. The minimum atomic E-state index is -0.358. The molecule has 2 amide bonds. The van der Waals surface area contributed by atoms with Gasteiger partial charge >= 0.3 is 6.03 Å². The zero-order valence-corrected chi connectivity index (χ0v) is 13.6. The number of hydrogen-bond donors (Lipinski definition) is 2. The molecule has 0 atom stereocenters. The first-order valence-corrected chi connectivity index (χ1v) is 7.30. The van der Waals surface area contributed by atoms with Crippen LogP contribution in [0.2, 0.25) is 0 Å². The molecule has 0 aliphatic heterocycles. The number of rotatable bonds is 4. The molecule has 2 heterocycles. The van der Waals surface area contributed by atoms with Crippen molar-refractivity contribution in [1.29, 1.82) is 0 Å². The highest BCUT2D eigenvalue weighted by molar-refractivity contribution is 5.99. The van der Waals surface area contributed by atoms with Gasteiger partial charge in [-0.2, -0.15) is 10.2 Å². The van der Waals surface area contributed by atoms with E-state index in [2.05, 4.69) is 20.8 Å². The second-order valence-electron chi connectivity index (χ2n) is 5.25. The summed E-state index contributed by atoms with van der Waals surface area (Å²) < 4.78 is 8.44. The van der Waals surface area contributed by atoms with E-state index >= 15 is 0 Å². The molecule has 0 aliphatic carbocycles. The molecule has 3 rings (SSSR count). The number of aryl methyl sites for hydroxylation is 2. The summed E-state index contributed by atoms with van der Waals surface area (Å²) in [7, 11) is 5.17. The van der Waals surface area contributed by atoms with Crippen LogP contribution in [0.15, 0.2) is 42.7 Å². The van der Waals surface area contributed by atoms with E-state index in [1.165, 1.54) is 0 Å². The fourth-order valence-electron chi connectivity index (χ4n) is 2.27. The maximum absolute atomic E-state index is 12.1. The lowest BCUT2D eigenvalue weighted by atomic mass is 10.1. The van der Waals surface area contributed by atoms with E-state index in [4.69, 9.17) is 4.74 Å². The average Bonchev–Trinajstić information content (AvgIpc) is 3.13. The lowest BCUT2D eigenvalue weighted by Gasteiger charge is -2.05. The number of nitrogens with zero attached hydrogens (tertiary/aromatic N) is 4. The van der Waals surface area contributed by atoms with Crippen molar-refractivity contribution in [3.63, 3.8) is 0 Å². The van der Waals surface area contributed by atoms with E-state index in [-0.39, 0.29) is 6.03 Å². The quantitative estimate of drug-likeness (QED) is 0.771. The first-order valence-electron chi connectivity index (χ1n) is 7.30. The van der Waals surface area contributed by atoms with Gasteiger partial charge in [-0.25, -0.2) is 4.79 Å². The van der Waals surface area contributed by atoms with Crippen molar-refractivity contribution in [1.82, 2.24) is 19.6 Å². The van der Waals surface area contributed by atoms with Crippen LogP contribution in [0.1, 0.15) is 0 Å². The summed E-state index contributed by atoms with van der Waals surface area (Å²) in [4.78, 5) is 12.1. The molecule has 2 aromatic heterocycles. The third-order valence-corrected chi connectivity index (χ3v) is 3.45. The van der Waals surface area contributed by atoms with Crippen LogP contribution in [-0.2, 0) is 14.1 Å². The standard InChI is InChI=1S/C16H18N6O2/c1-21-10-12(9-17-21)18-16(23)19-15-8-14(20-22(15)2)11-5-4-6-13(7-11)24-3/h4-10H,1-3H3,(H2,18,19,23). The van der Waals surface area contributed by atoms with Gasteiger partial charge in [0, 0.05) is 31.9 Å². The molecule has 2 N–H and O–H groups in total. The molecule has 0 aliphatic rings. The van der Waals surface area contributed by atoms with E-state index in [0.717, 1.165) is 17.0 Å². The maximum Gasteiger partial charge on any atom is 0.324 e. The Kier molecular flexibility index (Phi) is 4.19. The Bertz CT molecular complexity index is 867. The van der Waals surface area contributed by atoms with Crippen molar-refractivity contribution in [3.05, 3.63) is 42.7 Å². The molecule has 0 unspecified atom stereocenters. The Hall–Kier alpha value is -3.29. The van der Waals surface area contributed by atoms with E-state index in [9.17, 15) is 4.79 Å². The van der Waals surface area contributed by atoms with E-state index in [0.29, 0.717) is 11.5 Å². The monoisotopic (exact) mass is 326 g/mol. The average molecular weight is 326 g/mol. The highest BCUT2D eigenvalue weighted by Gasteiger charge is 2.11. The van der Waals surface area contributed by atoms with Gasteiger partial charge in [0.05, 0.1) is 24.7 Å². The Balaban J connectivity index is 1.75. The van der Waals surface area contributed by atoms with Crippen molar-refractivity contribution >= 4 is 17.5 Å². The highest BCUT2D eigenvalue weighted by atomic mass is 16.5. The third kappa shape index (κ3) is 3.37. The molecule has 1 aromatic carbocycles. The number of ether oxygens (including phenoxy) is 1. The number of aromatic nitrogens is 4. The molecule has 24 heavy (non-hydrogen) atoms. The summed E-state index contributed by atoms with van der Waals surface area (Å²) in [5, 5.41) is 13.9. The number of urea groups is 1. The minimum absolute atomic E-state index is 0.358.